The van der Waals surface area contributed by atoms with Gasteiger partial charge in [0.25, 0.3) is 5.91 Å². The third kappa shape index (κ3) is 3.58. The van der Waals surface area contributed by atoms with Gasteiger partial charge in [-0.1, -0.05) is 46.8 Å². The smallest absolute Gasteiger partial charge is 0.295 e. The van der Waals surface area contributed by atoms with E-state index < -0.39 is 6.04 Å². The number of nitrogens with zero attached hydrogens (tertiary/aromatic N) is 1. The van der Waals surface area contributed by atoms with Crippen molar-refractivity contribution in [2.45, 2.75) is 6.04 Å². The number of carbonyl (C=O) groups is 1. The van der Waals surface area contributed by atoms with Gasteiger partial charge in [0.15, 0.2) is 16.9 Å². The number of rotatable bonds is 6. The molecule has 170 valence electrons. The third-order valence-corrected chi connectivity index (χ3v) is 6.27. The van der Waals surface area contributed by atoms with E-state index in [1.54, 1.807) is 54.5 Å². The van der Waals surface area contributed by atoms with E-state index in [1.807, 2.05) is 30.3 Å². The zero-order valence-corrected chi connectivity index (χ0v) is 19.9. The molecule has 34 heavy (non-hydrogen) atoms. The molecular weight excluding hydrogens is 498 g/mol. The number of halogens is 1. The average Bonchev–Trinajstić information content (AvgIpc) is 3.15. The van der Waals surface area contributed by atoms with Crippen molar-refractivity contribution < 1.29 is 18.7 Å². The lowest BCUT2D eigenvalue weighted by Crippen LogP contribution is -2.29. The fourth-order valence-electron chi connectivity index (χ4n) is 4.23. The quantitative estimate of drug-likeness (QED) is 0.299. The van der Waals surface area contributed by atoms with Gasteiger partial charge < -0.3 is 13.9 Å². The highest BCUT2D eigenvalue weighted by atomic mass is 79.9. The first-order valence-corrected chi connectivity index (χ1v) is 11.4. The molecule has 0 aliphatic carbocycles. The van der Waals surface area contributed by atoms with Crippen LogP contribution in [0.2, 0.25) is 0 Å². The molecule has 5 rings (SSSR count). The molecule has 1 unspecified atom stereocenters. The van der Waals surface area contributed by atoms with Gasteiger partial charge in [-0.25, -0.2) is 0 Å². The van der Waals surface area contributed by atoms with Gasteiger partial charge in [-0.05, 0) is 54.1 Å². The summed E-state index contributed by atoms with van der Waals surface area (Å²) >= 11 is 3.44. The van der Waals surface area contributed by atoms with Gasteiger partial charge in [-0.15, -0.1) is 0 Å². The van der Waals surface area contributed by atoms with Crippen LogP contribution in [0, 0.1) is 0 Å². The number of hydrogen-bond donors (Lipinski definition) is 0. The predicted molar refractivity (Wildman–Crippen MR) is 134 cm³/mol. The summed E-state index contributed by atoms with van der Waals surface area (Å²) in [6.07, 6.45) is 1.64. The number of para-hydroxylation sites is 1. The molecule has 1 aromatic heterocycles. The number of amides is 1. The second kappa shape index (κ2) is 8.83. The van der Waals surface area contributed by atoms with Crippen LogP contribution in [0.4, 0.5) is 5.69 Å². The van der Waals surface area contributed by atoms with Gasteiger partial charge in [-0.2, -0.15) is 0 Å². The minimum absolute atomic E-state index is 0.0440. The Bertz CT molecular complexity index is 1480. The minimum atomic E-state index is -0.702. The lowest BCUT2D eigenvalue weighted by Gasteiger charge is -2.26. The van der Waals surface area contributed by atoms with Crippen LogP contribution in [0.3, 0.4) is 0 Å². The molecule has 2 heterocycles. The molecule has 0 radical (unpaired) electrons. The van der Waals surface area contributed by atoms with E-state index in [1.165, 1.54) is 0 Å². The SMILES string of the molecule is C=CCOc1ccc(C2c3c(oc4ccccc4c3=O)C(=O)N2c2ccc(Br)cc2)cc1OC. The molecule has 3 aromatic carbocycles. The molecule has 1 atom stereocenters. The Balaban J connectivity index is 1.75. The number of hydrogen-bond acceptors (Lipinski definition) is 5. The van der Waals surface area contributed by atoms with Crippen molar-refractivity contribution in [2.75, 3.05) is 18.6 Å². The van der Waals surface area contributed by atoms with Gasteiger partial charge in [0, 0.05) is 10.2 Å². The number of benzene rings is 3. The Kier molecular flexibility index (Phi) is 5.71. The van der Waals surface area contributed by atoms with Crippen LogP contribution >= 0.6 is 15.9 Å². The molecule has 7 heteroatoms. The van der Waals surface area contributed by atoms with E-state index in [4.69, 9.17) is 13.9 Å². The van der Waals surface area contributed by atoms with Crippen LogP contribution in [0.15, 0.2) is 93.1 Å². The Morgan fingerprint density at radius 1 is 1.06 bits per heavy atom. The summed E-state index contributed by atoms with van der Waals surface area (Å²) < 4.78 is 18.1. The van der Waals surface area contributed by atoms with Crippen molar-refractivity contribution in [1.82, 2.24) is 0 Å². The van der Waals surface area contributed by atoms with Crippen LogP contribution in [-0.4, -0.2) is 19.6 Å². The summed E-state index contributed by atoms with van der Waals surface area (Å²) in [7, 11) is 1.54. The third-order valence-electron chi connectivity index (χ3n) is 5.74. The number of carbonyl (C=O) groups excluding carboxylic acids is 1. The molecule has 0 N–H and O–H groups in total. The van der Waals surface area contributed by atoms with E-state index >= 15 is 0 Å². The molecule has 0 bridgehead atoms. The molecule has 0 saturated heterocycles. The van der Waals surface area contributed by atoms with Crippen LogP contribution < -0.4 is 19.8 Å². The molecule has 1 aliphatic heterocycles. The summed E-state index contributed by atoms with van der Waals surface area (Å²) in [6.45, 7) is 3.99. The number of fused-ring (bicyclic) bond motifs is 2. The highest BCUT2D eigenvalue weighted by Gasteiger charge is 2.43. The average molecular weight is 518 g/mol. The van der Waals surface area contributed by atoms with Crippen molar-refractivity contribution in [3.8, 4) is 11.5 Å². The van der Waals surface area contributed by atoms with E-state index in [0.717, 1.165) is 4.47 Å². The summed E-state index contributed by atoms with van der Waals surface area (Å²) in [4.78, 5) is 28.9. The molecular formula is C27H20BrNO5. The predicted octanol–water partition coefficient (Wildman–Crippen LogP) is 5.88. The molecule has 1 amide bonds. The Hall–Kier alpha value is -3.84. The zero-order valence-electron chi connectivity index (χ0n) is 18.3. The maximum atomic E-state index is 13.6. The fraction of sp³-hybridized carbons (Fsp3) is 0.111. The molecule has 6 nitrogen and oxygen atoms in total. The topological polar surface area (TPSA) is 69.0 Å². The van der Waals surface area contributed by atoms with Crippen LogP contribution in [-0.2, 0) is 0 Å². The summed E-state index contributed by atoms with van der Waals surface area (Å²) in [5, 5.41) is 0.426. The number of anilines is 1. The molecule has 4 aromatic rings. The standard InChI is InChI=1S/C27H20BrNO5/c1-3-14-33-21-13-8-16(15-22(21)32-2)24-23-25(30)19-6-4-5-7-20(19)34-26(23)27(31)29(24)18-11-9-17(28)10-12-18/h3-13,15,24H,1,14H2,2H3. The van der Waals surface area contributed by atoms with Gasteiger partial charge >= 0.3 is 0 Å². The number of ether oxygens (including phenoxy) is 2. The molecule has 0 fully saturated rings. The second-order valence-electron chi connectivity index (χ2n) is 7.73. The van der Waals surface area contributed by atoms with Crippen molar-refractivity contribution in [2.24, 2.45) is 0 Å². The largest absolute Gasteiger partial charge is 0.493 e. The summed E-state index contributed by atoms with van der Waals surface area (Å²) in [5.41, 5.74) is 1.77. The Morgan fingerprint density at radius 3 is 2.56 bits per heavy atom. The van der Waals surface area contributed by atoms with Crippen LogP contribution in [0.5, 0.6) is 11.5 Å². The maximum Gasteiger partial charge on any atom is 0.295 e. The lowest BCUT2D eigenvalue weighted by molar-refractivity contribution is 0.0971. The second-order valence-corrected chi connectivity index (χ2v) is 8.65. The number of methoxy groups -OCH3 is 1. The Morgan fingerprint density at radius 2 is 1.82 bits per heavy atom. The molecule has 0 spiro atoms. The first kappa shape index (κ1) is 22.0. The van der Waals surface area contributed by atoms with E-state index in [-0.39, 0.29) is 17.1 Å². The molecule has 1 aliphatic rings. The van der Waals surface area contributed by atoms with E-state index in [9.17, 15) is 9.59 Å². The fourth-order valence-corrected chi connectivity index (χ4v) is 4.49. The van der Waals surface area contributed by atoms with Crippen molar-refractivity contribution >= 4 is 38.5 Å². The van der Waals surface area contributed by atoms with E-state index in [0.29, 0.717) is 45.9 Å². The van der Waals surface area contributed by atoms with Gasteiger partial charge in [0.05, 0.1) is 24.1 Å². The highest BCUT2D eigenvalue weighted by molar-refractivity contribution is 9.10. The first-order chi connectivity index (χ1) is 16.5. The van der Waals surface area contributed by atoms with Crippen molar-refractivity contribution in [1.29, 1.82) is 0 Å². The minimum Gasteiger partial charge on any atom is -0.493 e. The first-order valence-electron chi connectivity index (χ1n) is 10.6. The zero-order chi connectivity index (χ0) is 23.8. The normalized spacial score (nSPS) is 14.8. The van der Waals surface area contributed by atoms with E-state index in [2.05, 4.69) is 22.5 Å². The maximum absolute atomic E-state index is 13.6. The summed E-state index contributed by atoms with van der Waals surface area (Å²) in [6, 6.07) is 19.0. The van der Waals surface area contributed by atoms with Gasteiger partial charge in [-0.3, -0.25) is 14.5 Å². The van der Waals surface area contributed by atoms with Gasteiger partial charge in [0.2, 0.25) is 5.76 Å². The Labute approximate surface area is 204 Å². The monoisotopic (exact) mass is 517 g/mol. The lowest BCUT2D eigenvalue weighted by atomic mass is 9.97. The van der Waals surface area contributed by atoms with Crippen molar-refractivity contribution in [3.05, 3.63) is 111 Å². The van der Waals surface area contributed by atoms with Crippen LogP contribution in [0.25, 0.3) is 11.0 Å². The summed E-state index contributed by atoms with van der Waals surface area (Å²) in [5.74, 6) is 0.691. The van der Waals surface area contributed by atoms with Crippen molar-refractivity contribution in [3.63, 3.8) is 0 Å². The van der Waals surface area contributed by atoms with Crippen LogP contribution in [0.1, 0.15) is 27.7 Å². The van der Waals surface area contributed by atoms with Gasteiger partial charge in [0.1, 0.15) is 12.2 Å². The highest BCUT2D eigenvalue weighted by Crippen LogP contribution is 2.43. The molecule has 0 saturated carbocycles.